The molecule has 94 valence electrons. The summed E-state index contributed by atoms with van der Waals surface area (Å²) < 4.78 is 5.32. The van der Waals surface area contributed by atoms with Crippen LogP contribution in [0.2, 0.25) is 0 Å². The van der Waals surface area contributed by atoms with Crippen LogP contribution in [0.15, 0.2) is 24.5 Å². The van der Waals surface area contributed by atoms with E-state index in [9.17, 15) is 0 Å². The van der Waals surface area contributed by atoms with E-state index in [4.69, 9.17) is 4.74 Å². The average molecular weight is 243 g/mol. The Labute approximate surface area is 107 Å². The average Bonchev–Trinajstić information content (AvgIpc) is 2.42. The van der Waals surface area contributed by atoms with Crippen LogP contribution in [0.25, 0.3) is 11.3 Å². The van der Waals surface area contributed by atoms with Crippen molar-refractivity contribution >= 4 is 5.82 Å². The smallest absolute Gasteiger partial charge is 0.129 e. The van der Waals surface area contributed by atoms with Crippen molar-refractivity contribution in [1.29, 1.82) is 0 Å². The molecule has 2 rings (SSSR count). The van der Waals surface area contributed by atoms with Crippen LogP contribution in [0.3, 0.4) is 0 Å². The molecule has 0 atom stereocenters. The lowest BCUT2D eigenvalue weighted by atomic mass is 10.00. The van der Waals surface area contributed by atoms with E-state index in [-0.39, 0.29) is 0 Å². The van der Waals surface area contributed by atoms with Crippen molar-refractivity contribution in [3.8, 4) is 17.0 Å². The van der Waals surface area contributed by atoms with Crippen LogP contribution >= 0.6 is 0 Å². The molecular formula is C14H17N3O. The molecule has 0 aliphatic rings. The molecule has 4 nitrogen and oxygen atoms in total. The first-order valence-corrected chi connectivity index (χ1v) is 5.81. The summed E-state index contributed by atoms with van der Waals surface area (Å²) in [7, 11) is 3.53. The van der Waals surface area contributed by atoms with E-state index in [2.05, 4.69) is 29.1 Å². The molecule has 0 saturated heterocycles. The topological polar surface area (TPSA) is 47.0 Å². The van der Waals surface area contributed by atoms with Gasteiger partial charge >= 0.3 is 0 Å². The Morgan fingerprint density at radius 2 is 1.89 bits per heavy atom. The number of benzene rings is 1. The van der Waals surface area contributed by atoms with E-state index in [1.165, 1.54) is 5.56 Å². The Balaban J connectivity index is 2.54. The molecule has 4 heteroatoms. The highest BCUT2D eigenvalue weighted by molar-refractivity contribution is 5.68. The number of aromatic nitrogens is 2. The second-order valence-electron chi connectivity index (χ2n) is 4.10. The van der Waals surface area contributed by atoms with Gasteiger partial charge in [0.25, 0.3) is 0 Å². The molecule has 0 fully saturated rings. The van der Waals surface area contributed by atoms with Crippen molar-refractivity contribution in [1.82, 2.24) is 9.97 Å². The maximum atomic E-state index is 5.32. The summed E-state index contributed by atoms with van der Waals surface area (Å²) in [6.07, 6.45) is 1.57. The summed E-state index contributed by atoms with van der Waals surface area (Å²) in [5.41, 5.74) is 4.33. The van der Waals surface area contributed by atoms with E-state index in [1.54, 1.807) is 13.4 Å². The van der Waals surface area contributed by atoms with Gasteiger partial charge in [-0.2, -0.15) is 0 Å². The minimum Gasteiger partial charge on any atom is -0.496 e. The van der Waals surface area contributed by atoms with E-state index in [0.717, 1.165) is 28.4 Å². The second kappa shape index (κ2) is 5.04. The van der Waals surface area contributed by atoms with Gasteiger partial charge in [-0.1, -0.05) is 0 Å². The number of ether oxygens (including phenoxy) is 1. The molecule has 1 N–H and O–H groups in total. The Morgan fingerprint density at radius 1 is 1.11 bits per heavy atom. The number of nitrogens with zero attached hydrogens (tertiary/aromatic N) is 2. The molecule has 1 heterocycles. The predicted octanol–water partition coefficient (Wildman–Crippen LogP) is 2.81. The maximum absolute atomic E-state index is 5.32. The van der Waals surface area contributed by atoms with Gasteiger partial charge in [-0.15, -0.1) is 0 Å². The first-order chi connectivity index (χ1) is 8.67. The highest BCUT2D eigenvalue weighted by Gasteiger charge is 2.09. The third kappa shape index (κ3) is 2.14. The van der Waals surface area contributed by atoms with Crippen molar-refractivity contribution in [2.45, 2.75) is 13.8 Å². The number of methoxy groups -OCH3 is 1. The summed E-state index contributed by atoms with van der Waals surface area (Å²) in [5.74, 6) is 1.71. The van der Waals surface area contributed by atoms with Crippen LogP contribution in [0, 0.1) is 13.8 Å². The zero-order valence-electron chi connectivity index (χ0n) is 11.1. The SMILES string of the molecule is CNc1cc(-c2ccc(OC)c(C)c2C)ncn1. The highest BCUT2D eigenvalue weighted by atomic mass is 16.5. The molecule has 0 aliphatic heterocycles. The number of rotatable bonds is 3. The molecule has 0 radical (unpaired) electrons. The highest BCUT2D eigenvalue weighted by Crippen LogP contribution is 2.30. The van der Waals surface area contributed by atoms with Crippen molar-refractivity contribution in [3.05, 3.63) is 35.7 Å². The number of nitrogens with one attached hydrogen (secondary N) is 1. The fraction of sp³-hybridized carbons (Fsp3) is 0.286. The summed E-state index contributed by atoms with van der Waals surface area (Å²) in [6, 6.07) is 5.94. The second-order valence-corrected chi connectivity index (χ2v) is 4.10. The van der Waals surface area contributed by atoms with Crippen LogP contribution in [0.4, 0.5) is 5.82 Å². The maximum Gasteiger partial charge on any atom is 0.129 e. The van der Waals surface area contributed by atoms with Crippen LogP contribution in [0.5, 0.6) is 5.75 Å². The molecule has 1 aromatic heterocycles. The molecule has 1 aromatic carbocycles. The lowest BCUT2D eigenvalue weighted by molar-refractivity contribution is 0.411. The lowest BCUT2D eigenvalue weighted by Gasteiger charge is -2.12. The van der Waals surface area contributed by atoms with Gasteiger partial charge in [0.05, 0.1) is 12.8 Å². The van der Waals surface area contributed by atoms with Gasteiger partial charge in [0.2, 0.25) is 0 Å². The quantitative estimate of drug-likeness (QED) is 0.900. The van der Waals surface area contributed by atoms with Crippen LogP contribution < -0.4 is 10.1 Å². The van der Waals surface area contributed by atoms with E-state index >= 15 is 0 Å². The molecule has 0 spiro atoms. The zero-order chi connectivity index (χ0) is 13.1. The van der Waals surface area contributed by atoms with Crippen LogP contribution in [0.1, 0.15) is 11.1 Å². The van der Waals surface area contributed by atoms with Crippen molar-refractivity contribution < 1.29 is 4.74 Å². The predicted molar refractivity (Wildman–Crippen MR) is 73.0 cm³/mol. The molecule has 0 amide bonds. The van der Waals surface area contributed by atoms with Crippen molar-refractivity contribution in [2.75, 3.05) is 19.5 Å². The molecular weight excluding hydrogens is 226 g/mol. The normalized spacial score (nSPS) is 10.2. The monoisotopic (exact) mass is 243 g/mol. The molecule has 0 bridgehead atoms. The van der Waals surface area contributed by atoms with Gasteiger partial charge in [0, 0.05) is 18.7 Å². The fourth-order valence-corrected chi connectivity index (χ4v) is 1.94. The Kier molecular flexibility index (Phi) is 3.46. The molecule has 0 aliphatic carbocycles. The van der Waals surface area contributed by atoms with E-state index < -0.39 is 0 Å². The van der Waals surface area contributed by atoms with Crippen molar-refractivity contribution in [3.63, 3.8) is 0 Å². The first kappa shape index (κ1) is 12.4. The first-order valence-electron chi connectivity index (χ1n) is 5.81. The third-order valence-electron chi connectivity index (χ3n) is 3.16. The van der Waals surface area contributed by atoms with Gasteiger partial charge in [0.1, 0.15) is 17.9 Å². The molecule has 2 aromatic rings. The summed E-state index contributed by atoms with van der Waals surface area (Å²) in [4.78, 5) is 8.45. The van der Waals surface area contributed by atoms with E-state index in [0.29, 0.717) is 0 Å². The fourth-order valence-electron chi connectivity index (χ4n) is 1.94. The number of anilines is 1. The Bertz CT molecular complexity index is 567. The van der Waals surface area contributed by atoms with Gasteiger partial charge in [-0.25, -0.2) is 9.97 Å². The zero-order valence-corrected chi connectivity index (χ0v) is 11.1. The number of hydrogen-bond acceptors (Lipinski definition) is 4. The number of hydrogen-bond donors (Lipinski definition) is 1. The van der Waals surface area contributed by atoms with Crippen LogP contribution in [-0.4, -0.2) is 24.1 Å². The summed E-state index contributed by atoms with van der Waals surface area (Å²) in [5, 5.41) is 3.02. The van der Waals surface area contributed by atoms with Crippen LogP contribution in [-0.2, 0) is 0 Å². The van der Waals surface area contributed by atoms with Gasteiger partial charge in [-0.3, -0.25) is 0 Å². The minimum atomic E-state index is 0.813. The minimum absolute atomic E-state index is 0.813. The lowest BCUT2D eigenvalue weighted by Crippen LogP contribution is -1.97. The van der Waals surface area contributed by atoms with E-state index in [1.807, 2.05) is 25.2 Å². The Hall–Kier alpha value is -2.10. The molecule has 0 saturated carbocycles. The summed E-state index contributed by atoms with van der Waals surface area (Å²) >= 11 is 0. The Morgan fingerprint density at radius 3 is 2.56 bits per heavy atom. The third-order valence-corrected chi connectivity index (χ3v) is 3.16. The van der Waals surface area contributed by atoms with Crippen molar-refractivity contribution in [2.24, 2.45) is 0 Å². The summed E-state index contributed by atoms with van der Waals surface area (Å²) in [6.45, 7) is 4.13. The standard InChI is InChI=1S/C14H17N3O/c1-9-10(2)13(18-4)6-5-11(9)12-7-14(15-3)17-8-16-12/h5-8H,1-4H3,(H,15,16,17). The molecule has 18 heavy (non-hydrogen) atoms. The van der Waals surface area contributed by atoms with Gasteiger partial charge in [0.15, 0.2) is 0 Å². The van der Waals surface area contributed by atoms with Gasteiger partial charge < -0.3 is 10.1 Å². The van der Waals surface area contributed by atoms with Gasteiger partial charge in [-0.05, 0) is 37.1 Å². The largest absolute Gasteiger partial charge is 0.496 e. The molecule has 0 unspecified atom stereocenters.